The van der Waals surface area contributed by atoms with Crippen LogP contribution < -0.4 is 20.1 Å². The highest BCUT2D eigenvalue weighted by atomic mass is 127. The SMILES string of the molecule is CCOc1ccc(N/C=C(\C#N)C(=O)Nc2cc(OC)c(Cl)cc2Cl)cc1I. The van der Waals surface area contributed by atoms with E-state index in [0.29, 0.717) is 23.1 Å². The fourth-order valence-corrected chi connectivity index (χ4v) is 3.32. The quantitative estimate of drug-likeness (QED) is 0.281. The van der Waals surface area contributed by atoms with Gasteiger partial charge in [0, 0.05) is 18.0 Å². The summed E-state index contributed by atoms with van der Waals surface area (Å²) in [5, 5.41) is 15.4. The molecule has 0 radical (unpaired) electrons. The van der Waals surface area contributed by atoms with Crippen molar-refractivity contribution in [1.29, 1.82) is 5.26 Å². The van der Waals surface area contributed by atoms with Gasteiger partial charge in [0.15, 0.2) is 0 Å². The topological polar surface area (TPSA) is 83.4 Å². The number of anilines is 2. The smallest absolute Gasteiger partial charge is 0.267 e. The van der Waals surface area contributed by atoms with Gasteiger partial charge in [-0.3, -0.25) is 4.79 Å². The summed E-state index contributed by atoms with van der Waals surface area (Å²) in [6.45, 7) is 2.48. The lowest BCUT2D eigenvalue weighted by molar-refractivity contribution is -0.112. The first-order valence-corrected chi connectivity index (χ1v) is 9.86. The Morgan fingerprint density at radius 1 is 1.25 bits per heavy atom. The van der Waals surface area contributed by atoms with Crippen molar-refractivity contribution in [3.05, 3.63) is 55.7 Å². The van der Waals surface area contributed by atoms with Gasteiger partial charge in [-0.25, -0.2) is 0 Å². The van der Waals surface area contributed by atoms with Crippen LogP contribution in [0.15, 0.2) is 42.1 Å². The van der Waals surface area contributed by atoms with Crippen LogP contribution in [-0.2, 0) is 4.79 Å². The molecule has 0 aliphatic heterocycles. The van der Waals surface area contributed by atoms with Crippen molar-refractivity contribution in [3.63, 3.8) is 0 Å². The fourth-order valence-electron chi connectivity index (χ4n) is 2.14. The second-order valence-corrected chi connectivity index (χ2v) is 7.29. The van der Waals surface area contributed by atoms with Gasteiger partial charge < -0.3 is 20.1 Å². The van der Waals surface area contributed by atoms with Gasteiger partial charge >= 0.3 is 0 Å². The Morgan fingerprint density at radius 2 is 2.00 bits per heavy atom. The molecule has 0 aromatic heterocycles. The van der Waals surface area contributed by atoms with E-state index in [0.717, 1.165) is 9.32 Å². The standard InChI is InChI=1S/C19H16Cl2IN3O3/c1-3-28-17-5-4-12(6-15(17)22)24-10-11(9-23)19(26)25-16-8-18(27-2)14(21)7-13(16)20/h4-8,10,24H,3H2,1-2H3,(H,25,26)/b11-10+. The Labute approximate surface area is 186 Å². The first-order valence-electron chi connectivity index (χ1n) is 8.03. The molecule has 0 heterocycles. The van der Waals surface area contributed by atoms with E-state index in [1.165, 1.54) is 25.4 Å². The number of amides is 1. The van der Waals surface area contributed by atoms with Crippen LogP contribution in [0, 0.1) is 14.9 Å². The van der Waals surface area contributed by atoms with Crippen LogP contribution in [0.2, 0.25) is 10.0 Å². The maximum Gasteiger partial charge on any atom is 0.267 e. The summed E-state index contributed by atoms with van der Waals surface area (Å²) in [7, 11) is 1.45. The van der Waals surface area contributed by atoms with Crippen LogP contribution in [0.4, 0.5) is 11.4 Å². The van der Waals surface area contributed by atoms with Crippen LogP contribution >= 0.6 is 45.8 Å². The molecule has 146 valence electrons. The Bertz CT molecular complexity index is 958. The first kappa shape index (κ1) is 22.1. The van der Waals surface area contributed by atoms with Crippen molar-refractivity contribution in [1.82, 2.24) is 0 Å². The lowest BCUT2D eigenvalue weighted by Crippen LogP contribution is -2.15. The van der Waals surface area contributed by atoms with Gasteiger partial charge in [0.25, 0.3) is 5.91 Å². The molecule has 2 N–H and O–H groups in total. The minimum atomic E-state index is -0.623. The van der Waals surface area contributed by atoms with Crippen molar-refractivity contribution in [3.8, 4) is 17.6 Å². The summed E-state index contributed by atoms with van der Waals surface area (Å²) in [6, 6.07) is 10.2. The molecular weight excluding hydrogens is 516 g/mol. The highest BCUT2D eigenvalue weighted by Crippen LogP contribution is 2.34. The molecule has 0 fully saturated rings. The Kier molecular flexibility index (Phi) is 8.23. The molecule has 0 unspecified atom stereocenters. The molecule has 0 saturated carbocycles. The monoisotopic (exact) mass is 531 g/mol. The largest absolute Gasteiger partial charge is 0.495 e. The third-order valence-corrected chi connectivity index (χ3v) is 4.92. The second-order valence-electron chi connectivity index (χ2n) is 5.31. The molecule has 0 atom stereocenters. The van der Waals surface area contributed by atoms with E-state index in [1.54, 1.807) is 6.07 Å². The summed E-state index contributed by atoms with van der Waals surface area (Å²) in [5.74, 6) is 0.495. The zero-order valence-electron chi connectivity index (χ0n) is 15.0. The predicted molar refractivity (Wildman–Crippen MR) is 119 cm³/mol. The number of carbonyl (C=O) groups excluding carboxylic acids is 1. The van der Waals surface area contributed by atoms with E-state index in [9.17, 15) is 10.1 Å². The predicted octanol–water partition coefficient (Wildman–Crippen LogP) is 5.46. The maximum absolute atomic E-state index is 12.4. The van der Waals surface area contributed by atoms with Crippen molar-refractivity contribution >= 4 is 63.1 Å². The Morgan fingerprint density at radius 3 is 2.61 bits per heavy atom. The number of carbonyl (C=O) groups is 1. The lowest BCUT2D eigenvalue weighted by atomic mass is 10.2. The molecular formula is C19H16Cl2IN3O3. The van der Waals surface area contributed by atoms with E-state index >= 15 is 0 Å². The third-order valence-electron chi connectivity index (χ3n) is 3.47. The molecule has 0 aliphatic rings. The normalized spacial score (nSPS) is 10.8. The van der Waals surface area contributed by atoms with Crippen LogP contribution in [0.3, 0.4) is 0 Å². The third kappa shape index (κ3) is 5.67. The van der Waals surface area contributed by atoms with Gasteiger partial charge in [-0.1, -0.05) is 23.2 Å². The molecule has 2 rings (SSSR count). The number of hydrogen-bond donors (Lipinski definition) is 2. The van der Waals surface area contributed by atoms with Crippen LogP contribution in [-0.4, -0.2) is 19.6 Å². The van der Waals surface area contributed by atoms with E-state index in [1.807, 2.05) is 25.1 Å². The minimum Gasteiger partial charge on any atom is -0.495 e. The van der Waals surface area contributed by atoms with E-state index in [4.69, 9.17) is 32.7 Å². The number of methoxy groups -OCH3 is 1. The summed E-state index contributed by atoms with van der Waals surface area (Å²) in [6.07, 6.45) is 1.32. The number of rotatable bonds is 7. The van der Waals surface area contributed by atoms with Crippen molar-refractivity contribution in [2.75, 3.05) is 24.4 Å². The highest BCUT2D eigenvalue weighted by Gasteiger charge is 2.14. The molecule has 0 aliphatic carbocycles. The Hall–Kier alpha value is -2.15. The number of benzene rings is 2. The van der Waals surface area contributed by atoms with Gasteiger partial charge in [0.05, 0.1) is 33.0 Å². The van der Waals surface area contributed by atoms with Gasteiger partial charge in [-0.15, -0.1) is 0 Å². The zero-order valence-corrected chi connectivity index (χ0v) is 18.6. The first-order chi connectivity index (χ1) is 13.4. The van der Waals surface area contributed by atoms with Crippen LogP contribution in [0.5, 0.6) is 11.5 Å². The molecule has 1 amide bonds. The number of nitriles is 1. The average molecular weight is 532 g/mol. The molecule has 9 heteroatoms. The zero-order chi connectivity index (χ0) is 20.7. The number of ether oxygens (including phenoxy) is 2. The van der Waals surface area contributed by atoms with Gasteiger partial charge in [-0.2, -0.15) is 5.26 Å². The summed E-state index contributed by atoms with van der Waals surface area (Å²) in [5.41, 5.74) is 0.859. The van der Waals surface area contributed by atoms with Crippen molar-refractivity contribution in [2.24, 2.45) is 0 Å². The molecule has 0 spiro atoms. The molecule has 6 nitrogen and oxygen atoms in total. The molecule has 0 saturated heterocycles. The van der Waals surface area contributed by atoms with Gasteiger partial charge in [0.1, 0.15) is 23.1 Å². The minimum absolute atomic E-state index is 0.131. The number of nitrogens with one attached hydrogen (secondary N) is 2. The Balaban J connectivity index is 2.15. The van der Waals surface area contributed by atoms with Gasteiger partial charge in [-0.05, 0) is 53.8 Å². The number of hydrogen-bond acceptors (Lipinski definition) is 5. The molecule has 2 aromatic carbocycles. The maximum atomic E-state index is 12.4. The highest BCUT2D eigenvalue weighted by molar-refractivity contribution is 14.1. The molecule has 28 heavy (non-hydrogen) atoms. The summed E-state index contributed by atoms with van der Waals surface area (Å²) >= 11 is 14.2. The van der Waals surface area contributed by atoms with E-state index in [2.05, 4.69) is 33.2 Å². The van der Waals surface area contributed by atoms with Crippen molar-refractivity contribution in [2.45, 2.75) is 6.92 Å². The van der Waals surface area contributed by atoms with Gasteiger partial charge in [0.2, 0.25) is 0 Å². The van der Waals surface area contributed by atoms with Crippen LogP contribution in [0.25, 0.3) is 0 Å². The molecule has 2 aromatic rings. The van der Waals surface area contributed by atoms with Crippen molar-refractivity contribution < 1.29 is 14.3 Å². The van der Waals surface area contributed by atoms with E-state index < -0.39 is 5.91 Å². The molecule has 0 bridgehead atoms. The van der Waals surface area contributed by atoms with Crippen LogP contribution in [0.1, 0.15) is 6.92 Å². The number of halogens is 3. The second kappa shape index (κ2) is 10.4. The number of nitrogens with zero attached hydrogens (tertiary/aromatic N) is 1. The summed E-state index contributed by atoms with van der Waals surface area (Å²) in [4.78, 5) is 12.4. The average Bonchev–Trinajstić information content (AvgIpc) is 2.66. The fraction of sp³-hybridized carbons (Fsp3) is 0.158. The lowest BCUT2D eigenvalue weighted by Gasteiger charge is -2.11. The summed E-state index contributed by atoms with van der Waals surface area (Å²) < 4.78 is 11.5. The van der Waals surface area contributed by atoms with E-state index in [-0.39, 0.29) is 16.3 Å².